The molecule has 0 aliphatic carbocycles. The fourth-order valence-electron chi connectivity index (χ4n) is 0.620. The van der Waals surface area contributed by atoms with Crippen LogP contribution in [0, 0.1) is 0 Å². The Labute approximate surface area is 81.8 Å². The van der Waals surface area contributed by atoms with Crippen LogP contribution in [0.3, 0.4) is 0 Å². The van der Waals surface area contributed by atoms with E-state index in [0.29, 0.717) is 0 Å². The fourth-order valence-corrected chi connectivity index (χ4v) is 0.775. The fraction of sp³-hybridized carbons (Fsp3) is 0.333. The van der Waals surface area contributed by atoms with Gasteiger partial charge in [0.15, 0.2) is 5.15 Å². The number of hydrogen-bond acceptors (Lipinski definition) is 4. The van der Waals surface area contributed by atoms with Crippen molar-refractivity contribution in [3.05, 3.63) is 11.2 Å². The highest BCUT2D eigenvalue weighted by Gasteiger charge is 2.22. The van der Waals surface area contributed by atoms with Crippen molar-refractivity contribution in [3.8, 4) is 5.88 Å². The Hall–Kier alpha value is -1.24. The molecule has 1 rings (SSSR count). The summed E-state index contributed by atoms with van der Waals surface area (Å²) in [7, 11) is 0. The molecular formula is C6H5ClF3N3O. The molecule has 0 spiro atoms. The van der Waals surface area contributed by atoms with Gasteiger partial charge in [-0.1, -0.05) is 11.6 Å². The number of nitrogens with zero attached hydrogens (tertiary/aromatic N) is 2. The molecule has 0 fully saturated rings. The number of aromatic nitrogens is 2. The Balaban J connectivity index is 2.77. The summed E-state index contributed by atoms with van der Waals surface area (Å²) in [6, 6.07) is 1.11. The summed E-state index contributed by atoms with van der Waals surface area (Å²) in [5.41, 5.74) is 5.09. The van der Waals surface area contributed by atoms with Crippen molar-refractivity contribution in [1.29, 1.82) is 0 Å². The molecule has 0 saturated carbocycles. The molecule has 78 valence electrons. The van der Waals surface area contributed by atoms with Crippen molar-refractivity contribution >= 4 is 17.3 Å². The lowest BCUT2D eigenvalue weighted by molar-refractivity contribution is -0.0690. The summed E-state index contributed by atoms with van der Waals surface area (Å²) in [5.74, 6) is -0.512. The quantitative estimate of drug-likeness (QED) is 0.853. The first-order valence-corrected chi connectivity index (χ1v) is 3.76. The zero-order valence-corrected chi connectivity index (χ0v) is 7.38. The van der Waals surface area contributed by atoms with Crippen LogP contribution >= 0.6 is 11.6 Å². The Bertz CT molecular complexity index is 325. The molecule has 1 unspecified atom stereocenters. The van der Waals surface area contributed by atoms with Gasteiger partial charge >= 0.3 is 6.43 Å². The number of halogens is 4. The number of hydrogen-bond donors (Lipinski definition) is 1. The van der Waals surface area contributed by atoms with Crippen LogP contribution in [0.25, 0.3) is 0 Å². The number of nitrogen functional groups attached to an aromatic ring is 1. The summed E-state index contributed by atoms with van der Waals surface area (Å²) in [4.78, 5) is 0. The van der Waals surface area contributed by atoms with E-state index in [1.807, 2.05) is 0 Å². The number of nitrogens with two attached hydrogens (primary N) is 1. The van der Waals surface area contributed by atoms with E-state index in [0.717, 1.165) is 6.07 Å². The minimum Gasteiger partial charge on any atom is -0.434 e. The largest absolute Gasteiger partial charge is 0.434 e. The summed E-state index contributed by atoms with van der Waals surface area (Å²) < 4.78 is 39.9. The molecule has 2 N–H and O–H groups in total. The molecule has 0 aliphatic rings. The molecule has 1 atom stereocenters. The lowest BCUT2D eigenvalue weighted by Crippen LogP contribution is -2.21. The van der Waals surface area contributed by atoms with E-state index >= 15 is 0 Å². The minimum absolute atomic E-state index is 0.0395. The van der Waals surface area contributed by atoms with E-state index in [2.05, 4.69) is 14.9 Å². The van der Waals surface area contributed by atoms with E-state index in [-0.39, 0.29) is 10.8 Å². The van der Waals surface area contributed by atoms with Crippen LogP contribution in [-0.4, -0.2) is 23.0 Å². The second kappa shape index (κ2) is 4.32. The molecule has 1 aromatic heterocycles. The monoisotopic (exact) mass is 227 g/mol. The first kappa shape index (κ1) is 10.8. The molecule has 0 bridgehead atoms. The van der Waals surface area contributed by atoms with E-state index in [1.54, 1.807) is 0 Å². The van der Waals surface area contributed by atoms with Gasteiger partial charge in [0.25, 0.3) is 12.2 Å². The molecule has 0 aromatic carbocycles. The second-order valence-electron chi connectivity index (χ2n) is 2.23. The molecular weight excluding hydrogens is 223 g/mol. The first-order chi connectivity index (χ1) is 6.50. The molecule has 14 heavy (non-hydrogen) atoms. The van der Waals surface area contributed by atoms with Gasteiger partial charge in [0.05, 0.1) is 5.69 Å². The molecule has 1 heterocycles. The topological polar surface area (TPSA) is 61.0 Å². The van der Waals surface area contributed by atoms with Gasteiger partial charge in [-0.25, -0.2) is 8.78 Å². The molecule has 0 radical (unpaired) electrons. The maximum atomic E-state index is 12.4. The van der Waals surface area contributed by atoms with E-state index in [4.69, 9.17) is 17.3 Å². The van der Waals surface area contributed by atoms with Gasteiger partial charge < -0.3 is 10.5 Å². The summed E-state index contributed by atoms with van der Waals surface area (Å²) in [6.07, 6.45) is -6.06. The third-order valence-electron chi connectivity index (χ3n) is 1.18. The molecule has 0 amide bonds. The van der Waals surface area contributed by atoms with Gasteiger partial charge in [0, 0.05) is 6.07 Å². The van der Waals surface area contributed by atoms with Gasteiger partial charge in [0.1, 0.15) is 0 Å². The van der Waals surface area contributed by atoms with E-state index < -0.39 is 18.7 Å². The predicted molar refractivity (Wildman–Crippen MR) is 43.0 cm³/mol. The summed E-state index contributed by atoms with van der Waals surface area (Å²) in [5, 5.41) is 6.41. The SMILES string of the molecule is Nc1cc(Cl)nnc1OC(F)C(F)F. The van der Waals surface area contributed by atoms with Crippen molar-refractivity contribution in [2.75, 3.05) is 5.73 Å². The molecule has 8 heteroatoms. The highest BCUT2D eigenvalue weighted by Crippen LogP contribution is 2.22. The van der Waals surface area contributed by atoms with E-state index in [1.165, 1.54) is 0 Å². The zero-order valence-electron chi connectivity index (χ0n) is 6.62. The number of rotatable bonds is 3. The summed E-state index contributed by atoms with van der Waals surface area (Å²) >= 11 is 5.36. The van der Waals surface area contributed by atoms with Gasteiger partial charge in [-0.15, -0.1) is 10.2 Å². The minimum atomic E-state index is -3.27. The van der Waals surface area contributed by atoms with Crippen LogP contribution in [0.15, 0.2) is 6.07 Å². The Kier molecular flexibility index (Phi) is 3.34. The third-order valence-corrected chi connectivity index (χ3v) is 1.36. The van der Waals surface area contributed by atoms with Crippen molar-refractivity contribution in [2.24, 2.45) is 0 Å². The zero-order chi connectivity index (χ0) is 10.7. The highest BCUT2D eigenvalue weighted by atomic mass is 35.5. The molecule has 1 aromatic rings. The first-order valence-electron chi connectivity index (χ1n) is 3.38. The van der Waals surface area contributed by atoms with Crippen LogP contribution in [0.4, 0.5) is 18.9 Å². The molecule has 4 nitrogen and oxygen atoms in total. The van der Waals surface area contributed by atoms with Crippen LogP contribution in [-0.2, 0) is 0 Å². The average Bonchev–Trinajstić information content (AvgIpc) is 2.09. The summed E-state index contributed by atoms with van der Waals surface area (Å²) in [6.45, 7) is 0. The Morgan fingerprint density at radius 2 is 2.00 bits per heavy atom. The second-order valence-corrected chi connectivity index (χ2v) is 2.62. The number of alkyl halides is 3. The predicted octanol–water partition coefficient (Wildman–Crippen LogP) is 1.65. The Morgan fingerprint density at radius 3 is 2.50 bits per heavy atom. The van der Waals surface area contributed by atoms with Crippen LogP contribution in [0.2, 0.25) is 5.15 Å². The van der Waals surface area contributed by atoms with Crippen molar-refractivity contribution in [2.45, 2.75) is 12.8 Å². The van der Waals surface area contributed by atoms with Gasteiger partial charge in [-0.3, -0.25) is 0 Å². The average molecular weight is 228 g/mol. The van der Waals surface area contributed by atoms with Gasteiger partial charge in [-0.2, -0.15) is 4.39 Å². The van der Waals surface area contributed by atoms with Crippen LogP contribution in [0.1, 0.15) is 0 Å². The highest BCUT2D eigenvalue weighted by molar-refractivity contribution is 6.29. The van der Waals surface area contributed by atoms with Crippen LogP contribution in [0.5, 0.6) is 5.88 Å². The van der Waals surface area contributed by atoms with E-state index in [9.17, 15) is 13.2 Å². The van der Waals surface area contributed by atoms with Crippen molar-refractivity contribution in [1.82, 2.24) is 10.2 Å². The third kappa shape index (κ3) is 2.63. The maximum absolute atomic E-state index is 12.4. The van der Waals surface area contributed by atoms with Gasteiger partial charge in [0.2, 0.25) is 0 Å². The van der Waals surface area contributed by atoms with Crippen molar-refractivity contribution in [3.63, 3.8) is 0 Å². The number of anilines is 1. The van der Waals surface area contributed by atoms with Gasteiger partial charge in [-0.05, 0) is 0 Å². The smallest absolute Gasteiger partial charge is 0.304 e. The van der Waals surface area contributed by atoms with Crippen molar-refractivity contribution < 1.29 is 17.9 Å². The normalized spacial score (nSPS) is 12.9. The molecule has 0 saturated heterocycles. The number of ether oxygens (including phenoxy) is 1. The lowest BCUT2D eigenvalue weighted by atomic mass is 10.5. The molecule has 0 aliphatic heterocycles. The Morgan fingerprint density at radius 1 is 1.36 bits per heavy atom. The standard InChI is InChI=1S/C6H5ClF3N3O/c7-3-1-2(11)6(13-12-3)14-5(10)4(8)9/h1,4-5H,(H2,11,12). The van der Waals surface area contributed by atoms with Crippen LogP contribution < -0.4 is 10.5 Å². The lowest BCUT2D eigenvalue weighted by Gasteiger charge is -2.10. The maximum Gasteiger partial charge on any atom is 0.304 e.